The molecule has 0 saturated heterocycles. The third-order valence-corrected chi connectivity index (χ3v) is 4.83. The summed E-state index contributed by atoms with van der Waals surface area (Å²) >= 11 is 0. The maximum absolute atomic E-state index is 12.8. The zero-order valence-electron chi connectivity index (χ0n) is 16.0. The van der Waals surface area contributed by atoms with E-state index in [4.69, 9.17) is 0 Å². The van der Waals surface area contributed by atoms with Crippen LogP contribution in [0.4, 0.5) is 5.69 Å². The molecule has 31 heavy (non-hydrogen) atoms. The van der Waals surface area contributed by atoms with Crippen LogP contribution in [-0.4, -0.2) is 35.4 Å². The SMILES string of the molecule is O=C(Cn1ncc(=O)c2ccccc21)Nc1ccccc1-n1ncc2c(=O)[nH]cnc21. The van der Waals surface area contributed by atoms with Gasteiger partial charge in [0, 0.05) is 5.39 Å². The first kappa shape index (κ1) is 18.4. The molecule has 2 N–H and O–H groups in total. The number of para-hydroxylation sites is 3. The van der Waals surface area contributed by atoms with Crippen LogP contribution in [0.25, 0.3) is 27.6 Å². The van der Waals surface area contributed by atoms with E-state index in [1.54, 1.807) is 48.5 Å². The van der Waals surface area contributed by atoms with Crippen molar-refractivity contribution in [1.82, 2.24) is 29.5 Å². The van der Waals surface area contributed by atoms with Gasteiger partial charge in [-0.2, -0.15) is 10.2 Å². The minimum atomic E-state index is -0.337. The minimum Gasteiger partial charge on any atom is -0.323 e. The van der Waals surface area contributed by atoms with E-state index in [1.807, 2.05) is 0 Å². The number of amides is 1. The minimum absolute atomic E-state index is 0.0904. The van der Waals surface area contributed by atoms with Crippen LogP contribution in [0.1, 0.15) is 0 Å². The van der Waals surface area contributed by atoms with Crippen LogP contribution in [0.5, 0.6) is 0 Å². The zero-order valence-corrected chi connectivity index (χ0v) is 16.0. The summed E-state index contributed by atoms with van der Waals surface area (Å²) in [5.41, 5.74) is 1.49. The van der Waals surface area contributed by atoms with Gasteiger partial charge in [-0.25, -0.2) is 9.67 Å². The van der Waals surface area contributed by atoms with Gasteiger partial charge in [0.2, 0.25) is 11.3 Å². The van der Waals surface area contributed by atoms with Gasteiger partial charge in [0.15, 0.2) is 5.65 Å². The first-order valence-corrected chi connectivity index (χ1v) is 9.37. The Hall–Kier alpha value is -4.60. The van der Waals surface area contributed by atoms with E-state index in [9.17, 15) is 14.4 Å². The van der Waals surface area contributed by atoms with Crippen molar-refractivity contribution in [3.63, 3.8) is 0 Å². The predicted molar refractivity (Wildman–Crippen MR) is 114 cm³/mol. The summed E-state index contributed by atoms with van der Waals surface area (Å²) in [4.78, 5) is 43.5. The average Bonchev–Trinajstić information content (AvgIpc) is 3.22. The summed E-state index contributed by atoms with van der Waals surface area (Å²) in [5.74, 6) is -0.337. The number of nitrogens with one attached hydrogen (secondary N) is 2. The summed E-state index contributed by atoms with van der Waals surface area (Å²) < 4.78 is 2.96. The lowest BCUT2D eigenvalue weighted by Gasteiger charge is -2.13. The third-order valence-electron chi connectivity index (χ3n) is 4.83. The van der Waals surface area contributed by atoms with Gasteiger partial charge in [-0.15, -0.1) is 0 Å². The van der Waals surface area contributed by atoms with Gasteiger partial charge in [-0.05, 0) is 24.3 Å². The zero-order chi connectivity index (χ0) is 21.4. The fraction of sp³-hybridized carbons (Fsp3) is 0.0476. The highest BCUT2D eigenvalue weighted by atomic mass is 16.2. The molecule has 2 aromatic carbocycles. The van der Waals surface area contributed by atoms with E-state index >= 15 is 0 Å². The van der Waals surface area contributed by atoms with E-state index < -0.39 is 0 Å². The molecule has 0 saturated carbocycles. The normalized spacial score (nSPS) is 11.1. The number of carbonyl (C=O) groups excluding carboxylic acids is 1. The Morgan fingerprint density at radius 3 is 2.68 bits per heavy atom. The maximum atomic E-state index is 12.8. The number of aromatic amines is 1. The number of aromatic nitrogens is 6. The molecule has 0 atom stereocenters. The summed E-state index contributed by atoms with van der Waals surface area (Å²) in [6.45, 7) is -0.0904. The number of H-pyrrole nitrogens is 1. The standard InChI is InChI=1S/C21H15N7O3/c29-18-10-24-27(16-7-3-1-5-13(16)18)11-19(30)26-15-6-2-4-8-17(15)28-20-14(9-25-28)21(31)23-12-22-20/h1-10,12H,11H2,(H,26,30)(H,22,23,31). The molecular weight excluding hydrogens is 398 g/mol. The molecule has 0 radical (unpaired) electrons. The quantitative estimate of drug-likeness (QED) is 0.459. The Kier molecular flexibility index (Phi) is 4.36. The summed E-state index contributed by atoms with van der Waals surface area (Å²) in [6.07, 6.45) is 3.93. The molecule has 3 heterocycles. The molecule has 1 amide bonds. The fourth-order valence-corrected chi connectivity index (χ4v) is 3.41. The van der Waals surface area contributed by atoms with Crippen molar-refractivity contribution in [2.45, 2.75) is 6.54 Å². The van der Waals surface area contributed by atoms with Crippen LogP contribution >= 0.6 is 0 Å². The van der Waals surface area contributed by atoms with E-state index in [1.165, 1.54) is 28.1 Å². The second-order valence-corrected chi connectivity index (χ2v) is 6.77. The van der Waals surface area contributed by atoms with Gasteiger partial charge in [0.05, 0.1) is 35.6 Å². The molecule has 10 nitrogen and oxygen atoms in total. The Labute approximate surface area is 173 Å². The monoisotopic (exact) mass is 413 g/mol. The molecule has 0 fully saturated rings. The van der Waals surface area contributed by atoms with E-state index in [0.717, 1.165) is 0 Å². The molecule has 152 valence electrons. The number of benzene rings is 2. The van der Waals surface area contributed by atoms with E-state index in [0.29, 0.717) is 33.3 Å². The van der Waals surface area contributed by atoms with Crippen LogP contribution in [0, 0.1) is 0 Å². The number of rotatable bonds is 4. The Morgan fingerprint density at radius 2 is 1.77 bits per heavy atom. The van der Waals surface area contributed by atoms with Crippen molar-refractivity contribution < 1.29 is 4.79 Å². The molecule has 3 aromatic heterocycles. The summed E-state index contributed by atoms with van der Waals surface area (Å²) in [6, 6.07) is 14.0. The van der Waals surface area contributed by atoms with Crippen LogP contribution in [-0.2, 0) is 11.3 Å². The molecular formula is C21H15N7O3. The van der Waals surface area contributed by atoms with Crippen molar-refractivity contribution in [3.8, 4) is 5.69 Å². The number of carbonyl (C=O) groups is 1. The number of nitrogens with zero attached hydrogens (tertiary/aromatic N) is 5. The molecule has 0 aliphatic rings. The van der Waals surface area contributed by atoms with Crippen molar-refractivity contribution in [3.05, 3.63) is 87.8 Å². The third kappa shape index (κ3) is 3.25. The van der Waals surface area contributed by atoms with Crippen LogP contribution in [0.15, 0.2) is 76.8 Å². The Morgan fingerprint density at radius 1 is 0.968 bits per heavy atom. The van der Waals surface area contributed by atoms with Crippen LogP contribution < -0.4 is 16.3 Å². The molecule has 0 bridgehead atoms. The molecule has 0 aliphatic heterocycles. The number of hydrogen-bond donors (Lipinski definition) is 2. The number of fused-ring (bicyclic) bond motifs is 2. The van der Waals surface area contributed by atoms with Crippen molar-refractivity contribution in [2.75, 3.05) is 5.32 Å². The van der Waals surface area contributed by atoms with E-state index in [-0.39, 0.29) is 23.4 Å². The lowest BCUT2D eigenvalue weighted by molar-refractivity contribution is -0.116. The number of anilines is 1. The second-order valence-electron chi connectivity index (χ2n) is 6.77. The van der Waals surface area contributed by atoms with Gasteiger partial charge in [0.25, 0.3) is 5.56 Å². The van der Waals surface area contributed by atoms with Crippen LogP contribution in [0.2, 0.25) is 0 Å². The Bertz CT molecular complexity index is 1560. The van der Waals surface area contributed by atoms with Crippen molar-refractivity contribution in [2.24, 2.45) is 0 Å². The largest absolute Gasteiger partial charge is 0.323 e. The van der Waals surface area contributed by atoms with Gasteiger partial charge in [-0.1, -0.05) is 24.3 Å². The van der Waals surface area contributed by atoms with Crippen molar-refractivity contribution in [1.29, 1.82) is 0 Å². The summed E-state index contributed by atoms with van der Waals surface area (Å²) in [7, 11) is 0. The molecule has 0 spiro atoms. The first-order valence-electron chi connectivity index (χ1n) is 9.37. The summed E-state index contributed by atoms with van der Waals surface area (Å²) in [5, 5.41) is 12.0. The second kappa shape index (κ2) is 7.34. The van der Waals surface area contributed by atoms with Gasteiger partial charge >= 0.3 is 0 Å². The van der Waals surface area contributed by atoms with Gasteiger partial charge < -0.3 is 10.3 Å². The highest BCUT2D eigenvalue weighted by Crippen LogP contribution is 2.22. The smallest absolute Gasteiger partial charge is 0.261 e. The molecule has 10 heteroatoms. The topological polar surface area (TPSA) is 128 Å². The average molecular weight is 413 g/mol. The highest BCUT2D eigenvalue weighted by molar-refractivity contribution is 5.94. The Balaban J connectivity index is 1.49. The lowest BCUT2D eigenvalue weighted by Crippen LogP contribution is -2.23. The van der Waals surface area contributed by atoms with E-state index in [2.05, 4.69) is 25.5 Å². The molecule has 0 unspecified atom stereocenters. The van der Waals surface area contributed by atoms with Gasteiger partial charge in [-0.3, -0.25) is 19.1 Å². The lowest BCUT2D eigenvalue weighted by atomic mass is 10.2. The maximum Gasteiger partial charge on any atom is 0.261 e. The van der Waals surface area contributed by atoms with Crippen LogP contribution in [0.3, 0.4) is 0 Å². The fourth-order valence-electron chi connectivity index (χ4n) is 3.41. The predicted octanol–water partition coefficient (Wildman–Crippen LogP) is 1.46. The van der Waals surface area contributed by atoms with Crippen molar-refractivity contribution >= 4 is 33.5 Å². The first-order chi connectivity index (χ1) is 15.1. The molecule has 0 aliphatic carbocycles. The molecule has 5 aromatic rings. The highest BCUT2D eigenvalue weighted by Gasteiger charge is 2.14. The molecule has 5 rings (SSSR count). The number of hydrogen-bond acceptors (Lipinski definition) is 6. The van der Waals surface area contributed by atoms with Gasteiger partial charge in [0.1, 0.15) is 11.9 Å².